The summed E-state index contributed by atoms with van der Waals surface area (Å²) < 4.78 is 19.6. The second-order valence-corrected chi connectivity index (χ2v) is 8.43. The number of thiophene rings is 1. The molecular weight excluding hydrogens is 413 g/mol. The molecule has 29 heavy (non-hydrogen) atoms. The molecule has 1 aliphatic heterocycles. The molecule has 0 radical (unpaired) electrons. The first-order valence-corrected chi connectivity index (χ1v) is 10.8. The van der Waals surface area contributed by atoms with Crippen LogP contribution in [0.5, 0.6) is 0 Å². The number of carbonyl (C=O) groups excluding carboxylic acids is 1. The molecule has 1 aromatic carbocycles. The van der Waals surface area contributed by atoms with Crippen molar-refractivity contribution in [3.05, 3.63) is 62.8 Å². The van der Waals surface area contributed by atoms with E-state index in [0.717, 1.165) is 25.9 Å². The number of hydrogen-bond acceptors (Lipinski definition) is 5. The summed E-state index contributed by atoms with van der Waals surface area (Å²) in [6.07, 6.45) is 2.33. The minimum atomic E-state index is -0.548. The maximum atomic E-state index is 14.4. The van der Waals surface area contributed by atoms with E-state index in [0.29, 0.717) is 12.3 Å². The third kappa shape index (κ3) is 4.08. The van der Waals surface area contributed by atoms with Crippen LogP contribution >= 0.6 is 22.9 Å². The molecule has 0 aliphatic carbocycles. The lowest BCUT2D eigenvalue weighted by molar-refractivity contribution is 0.0937. The SMILES string of the molecule is Cc1onc(-c2c(F)cccc2Cl)c1C(=O)NC[C@H](c1cccs1)N1CCCC1. The summed E-state index contributed by atoms with van der Waals surface area (Å²) in [4.78, 5) is 16.6. The highest BCUT2D eigenvalue weighted by Gasteiger charge is 2.28. The van der Waals surface area contributed by atoms with Gasteiger partial charge in [0.05, 0.1) is 16.6 Å². The van der Waals surface area contributed by atoms with Crippen LogP contribution in [0.4, 0.5) is 4.39 Å². The quantitative estimate of drug-likeness (QED) is 0.589. The standard InChI is InChI=1S/C21H21ClFN3O2S/c1-13-18(20(25-28-13)19-14(22)6-4-7-15(19)23)21(27)24-12-16(17-8-5-11-29-17)26-9-2-3-10-26/h4-8,11,16H,2-3,9-10,12H2,1H3,(H,24,27)/t16-/m1/s1. The van der Waals surface area contributed by atoms with Crippen LogP contribution in [0.25, 0.3) is 11.3 Å². The van der Waals surface area contributed by atoms with Crippen molar-refractivity contribution in [2.45, 2.75) is 25.8 Å². The van der Waals surface area contributed by atoms with Crippen LogP contribution < -0.4 is 5.32 Å². The van der Waals surface area contributed by atoms with Gasteiger partial charge in [0.1, 0.15) is 22.8 Å². The minimum Gasteiger partial charge on any atom is -0.360 e. The Bertz CT molecular complexity index is 979. The molecule has 0 unspecified atom stereocenters. The van der Waals surface area contributed by atoms with E-state index in [2.05, 4.69) is 21.4 Å². The Labute approximate surface area is 177 Å². The van der Waals surface area contributed by atoms with Gasteiger partial charge in [0.15, 0.2) is 0 Å². The first-order chi connectivity index (χ1) is 14.1. The average molecular weight is 434 g/mol. The summed E-state index contributed by atoms with van der Waals surface area (Å²) in [6.45, 7) is 4.12. The Hall–Kier alpha value is -2.22. The van der Waals surface area contributed by atoms with Gasteiger partial charge in [0.2, 0.25) is 0 Å². The van der Waals surface area contributed by atoms with Gasteiger partial charge < -0.3 is 9.84 Å². The van der Waals surface area contributed by atoms with Crippen molar-refractivity contribution in [2.75, 3.05) is 19.6 Å². The van der Waals surface area contributed by atoms with E-state index in [4.69, 9.17) is 16.1 Å². The van der Waals surface area contributed by atoms with Crippen molar-refractivity contribution in [3.8, 4) is 11.3 Å². The van der Waals surface area contributed by atoms with E-state index in [1.165, 1.54) is 17.0 Å². The Kier molecular flexibility index (Phi) is 5.99. The Balaban J connectivity index is 1.58. The molecule has 152 valence electrons. The molecule has 3 heterocycles. The predicted octanol–water partition coefficient (Wildman–Crippen LogP) is 5.07. The third-order valence-electron chi connectivity index (χ3n) is 5.20. The fourth-order valence-corrected chi connectivity index (χ4v) is 4.87. The number of hydrogen-bond donors (Lipinski definition) is 1. The largest absolute Gasteiger partial charge is 0.360 e. The zero-order chi connectivity index (χ0) is 20.4. The van der Waals surface area contributed by atoms with Crippen molar-refractivity contribution in [3.63, 3.8) is 0 Å². The first kappa shape index (κ1) is 20.1. The van der Waals surface area contributed by atoms with Crippen molar-refractivity contribution in [1.29, 1.82) is 0 Å². The third-order valence-corrected chi connectivity index (χ3v) is 6.49. The second-order valence-electron chi connectivity index (χ2n) is 7.04. The van der Waals surface area contributed by atoms with Gasteiger partial charge in [-0.05, 0) is 56.4 Å². The second kappa shape index (κ2) is 8.65. The molecule has 1 fully saturated rings. The molecule has 1 atom stereocenters. The van der Waals surface area contributed by atoms with Crippen LogP contribution in [-0.2, 0) is 0 Å². The molecule has 4 rings (SSSR count). The van der Waals surface area contributed by atoms with Gasteiger partial charge in [0.25, 0.3) is 5.91 Å². The summed E-state index contributed by atoms with van der Waals surface area (Å²) in [5.41, 5.74) is 0.408. The van der Waals surface area contributed by atoms with Gasteiger partial charge in [-0.25, -0.2) is 4.39 Å². The van der Waals surface area contributed by atoms with Gasteiger partial charge in [-0.2, -0.15) is 0 Å². The molecular formula is C21H21ClFN3O2S. The van der Waals surface area contributed by atoms with E-state index in [-0.39, 0.29) is 33.8 Å². The van der Waals surface area contributed by atoms with Crippen molar-refractivity contribution in [2.24, 2.45) is 0 Å². The van der Waals surface area contributed by atoms with Crippen LogP contribution in [-0.4, -0.2) is 35.6 Å². The predicted molar refractivity (Wildman–Crippen MR) is 112 cm³/mol. The number of carbonyl (C=O) groups is 1. The van der Waals surface area contributed by atoms with Crippen LogP contribution in [0, 0.1) is 12.7 Å². The average Bonchev–Trinajstić information content (AvgIpc) is 3.44. The summed E-state index contributed by atoms with van der Waals surface area (Å²) in [7, 11) is 0. The highest BCUT2D eigenvalue weighted by molar-refractivity contribution is 7.10. The molecule has 0 spiro atoms. The first-order valence-electron chi connectivity index (χ1n) is 9.52. The van der Waals surface area contributed by atoms with E-state index in [1.807, 2.05) is 11.4 Å². The molecule has 1 N–H and O–H groups in total. The molecule has 3 aromatic rings. The number of amides is 1. The van der Waals surface area contributed by atoms with Gasteiger partial charge in [-0.3, -0.25) is 9.69 Å². The topological polar surface area (TPSA) is 58.4 Å². The fraction of sp³-hybridized carbons (Fsp3) is 0.333. The monoisotopic (exact) mass is 433 g/mol. The lowest BCUT2D eigenvalue weighted by Crippen LogP contribution is -2.36. The molecule has 1 aliphatic rings. The number of aryl methyl sites for hydroxylation is 1. The Morgan fingerprint density at radius 2 is 2.14 bits per heavy atom. The lowest BCUT2D eigenvalue weighted by atomic mass is 10.0. The molecule has 1 amide bonds. The normalized spacial score (nSPS) is 15.6. The number of nitrogens with zero attached hydrogens (tertiary/aromatic N) is 2. The minimum absolute atomic E-state index is 0.0746. The van der Waals surface area contributed by atoms with E-state index >= 15 is 0 Å². The molecule has 0 saturated carbocycles. The molecule has 5 nitrogen and oxygen atoms in total. The van der Waals surface area contributed by atoms with Crippen LogP contribution in [0.1, 0.15) is 39.9 Å². The van der Waals surface area contributed by atoms with Gasteiger partial charge in [-0.15, -0.1) is 11.3 Å². The van der Waals surface area contributed by atoms with Crippen LogP contribution in [0.15, 0.2) is 40.2 Å². The van der Waals surface area contributed by atoms with E-state index < -0.39 is 5.82 Å². The summed E-state index contributed by atoms with van der Waals surface area (Å²) in [5, 5.41) is 9.14. The molecule has 2 aromatic heterocycles. The highest BCUT2D eigenvalue weighted by Crippen LogP contribution is 2.34. The molecule has 0 bridgehead atoms. The molecule has 8 heteroatoms. The summed E-state index contributed by atoms with van der Waals surface area (Å²) >= 11 is 7.86. The fourth-order valence-electron chi connectivity index (χ4n) is 3.76. The maximum Gasteiger partial charge on any atom is 0.257 e. The van der Waals surface area contributed by atoms with E-state index in [1.54, 1.807) is 24.3 Å². The number of nitrogens with one attached hydrogen (secondary N) is 1. The Morgan fingerprint density at radius 3 is 2.83 bits per heavy atom. The van der Waals surface area contributed by atoms with Crippen molar-refractivity contribution in [1.82, 2.24) is 15.4 Å². The lowest BCUT2D eigenvalue weighted by Gasteiger charge is -2.26. The number of rotatable bonds is 6. The Morgan fingerprint density at radius 1 is 1.34 bits per heavy atom. The summed E-state index contributed by atoms with van der Waals surface area (Å²) in [5.74, 6) is -0.571. The smallest absolute Gasteiger partial charge is 0.257 e. The maximum absolute atomic E-state index is 14.4. The zero-order valence-electron chi connectivity index (χ0n) is 16.0. The van der Waals surface area contributed by atoms with E-state index in [9.17, 15) is 9.18 Å². The van der Waals surface area contributed by atoms with Gasteiger partial charge >= 0.3 is 0 Å². The number of likely N-dealkylation sites (tertiary alicyclic amines) is 1. The molecule has 1 saturated heterocycles. The van der Waals surface area contributed by atoms with Gasteiger partial charge in [0, 0.05) is 11.4 Å². The summed E-state index contributed by atoms with van der Waals surface area (Å²) in [6, 6.07) is 8.58. The zero-order valence-corrected chi connectivity index (χ0v) is 17.5. The van der Waals surface area contributed by atoms with Crippen molar-refractivity contribution < 1.29 is 13.7 Å². The van der Waals surface area contributed by atoms with Gasteiger partial charge in [-0.1, -0.05) is 28.9 Å². The number of aromatic nitrogens is 1. The number of halogens is 2. The highest BCUT2D eigenvalue weighted by atomic mass is 35.5. The van der Waals surface area contributed by atoms with Crippen LogP contribution in [0.3, 0.4) is 0 Å². The number of benzene rings is 1. The van der Waals surface area contributed by atoms with Crippen molar-refractivity contribution >= 4 is 28.8 Å². The van der Waals surface area contributed by atoms with Crippen LogP contribution in [0.2, 0.25) is 5.02 Å².